The van der Waals surface area contributed by atoms with Gasteiger partial charge in [0.05, 0.1) is 12.1 Å². The maximum absolute atomic E-state index is 12.9. The fraction of sp³-hybridized carbons (Fsp3) is 0.750. The van der Waals surface area contributed by atoms with Crippen LogP contribution in [0.15, 0.2) is 12.4 Å². The van der Waals surface area contributed by atoms with Gasteiger partial charge in [-0.15, -0.1) is 24.8 Å². The van der Waals surface area contributed by atoms with Gasteiger partial charge < -0.3 is 10.2 Å². The molecule has 1 N–H and O–H groups in total. The molecule has 0 bridgehead atoms. The Labute approximate surface area is 156 Å². The van der Waals surface area contributed by atoms with Crippen LogP contribution < -0.4 is 5.32 Å². The van der Waals surface area contributed by atoms with Gasteiger partial charge in [0.2, 0.25) is 5.91 Å². The van der Waals surface area contributed by atoms with Gasteiger partial charge in [-0.2, -0.15) is 5.10 Å². The number of piperazine rings is 1. The first-order valence-electron chi connectivity index (χ1n) is 8.28. The lowest BCUT2D eigenvalue weighted by atomic mass is 9.89. The molecular weight excluding hydrogens is 349 g/mol. The lowest BCUT2D eigenvalue weighted by Gasteiger charge is -2.38. The van der Waals surface area contributed by atoms with Gasteiger partial charge in [0.1, 0.15) is 0 Å². The lowest BCUT2D eigenvalue weighted by Crippen LogP contribution is -2.52. The minimum atomic E-state index is 0. The van der Waals surface area contributed by atoms with Crippen molar-refractivity contribution >= 4 is 30.7 Å². The quantitative estimate of drug-likeness (QED) is 0.857. The largest absolute Gasteiger partial charge is 0.340 e. The SMILES string of the molecule is CC(C)N1CCN(C(=O)[C@H]2CNC[C@@H]2c2cnn(C)c2)CC1.Cl.Cl. The zero-order chi connectivity index (χ0) is 15.7. The molecular formula is C16H29Cl2N5O. The van der Waals surface area contributed by atoms with E-state index >= 15 is 0 Å². The summed E-state index contributed by atoms with van der Waals surface area (Å²) in [5.74, 6) is 0.612. The van der Waals surface area contributed by atoms with E-state index in [1.165, 1.54) is 5.56 Å². The number of rotatable bonds is 3. The van der Waals surface area contributed by atoms with Crippen LogP contribution in [0.3, 0.4) is 0 Å². The molecule has 0 unspecified atom stereocenters. The number of aromatic nitrogens is 2. The molecule has 6 nitrogen and oxygen atoms in total. The third-order valence-corrected chi connectivity index (χ3v) is 5.04. The number of nitrogens with one attached hydrogen (secondary N) is 1. The topological polar surface area (TPSA) is 53.4 Å². The first-order chi connectivity index (χ1) is 10.6. The number of carbonyl (C=O) groups is 1. The number of nitrogens with zero attached hydrogens (tertiary/aromatic N) is 4. The van der Waals surface area contributed by atoms with Gasteiger partial charge >= 0.3 is 0 Å². The minimum Gasteiger partial charge on any atom is -0.340 e. The van der Waals surface area contributed by atoms with E-state index in [-0.39, 0.29) is 36.6 Å². The molecule has 2 aliphatic heterocycles. The van der Waals surface area contributed by atoms with Gasteiger partial charge in [0.15, 0.2) is 0 Å². The van der Waals surface area contributed by atoms with Gasteiger partial charge in [-0.1, -0.05) is 0 Å². The van der Waals surface area contributed by atoms with E-state index in [0.717, 1.165) is 39.3 Å². The number of aryl methyl sites for hydroxylation is 1. The van der Waals surface area contributed by atoms with Crippen molar-refractivity contribution in [1.82, 2.24) is 24.9 Å². The lowest BCUT2D eigenvalue weighted by molar-refractivity contribution is -0.137. The predicted octanol–water partition coefficient (Wildman–Crippen LogP) is 1.12. The van der Waals surface area contributed by atoms with E-state index in [2.05, 4.69) is 34.1 Å². The molecule has 0 spiro atoms. The van der Waals surface area contributed by atoms with Crippen molar-refractivity contribution < 1.29 is 4.79 Å². The molecule has 2 saturated heterocycles. The first kappa shape index (κ1) is 21.2. The molecule has 2 aliphatic rings. The Morgan fingerprint density at radius 2 is 1.88 bits per heavy atom. The minimum absolute atomic E-state index is 0. The van der Waals surface area contributed by atoms with Crippen molar-refractivity contribution in [2.24, 2.45) is 13.0 Å². The standard InChI is InChI=1S/C16H27N5O.2ClH/c1-12(2)20-4-6-21(7-5-20)16(22)15-10-17-9-14(15)13-8-18-19(3)11-13;;/h8,11-12,14-15,17H,4-7,9-10H2,1-3H3;2*1H/t14-,15+;;/m1../s1. The molecule has 3 rings (SSSR count). The zero-order valence-corrected chi connectivity index (χ0v) is 16.3. The highest BCUT2D eigenvalue weighted by molar-refractivity contribution is 5.85. The summed E-state index contributed by atoms with van der Waals surface area (Å²) >= 11 is 0. The Morgan fingerprint density at radius 1 is 1.21 bits per heavy atom. The van der Waals surface area contributed by atoms with Gasteiger partial charge in [0.25, 0.3) is 0 Å². The molecule has 3 heterocycles. The summed E-state index contributed by atoms with van der Waals surface area (Å²) in [5, 5.41) is 7.64. The van der Waals surface area contributed by atoms with Crippen LogP contribution in [-0.2, 0) is 11.8 Å². The Morgan fingerprint density at radius 3 is 2.42 bits per heavy atom. The van der Waals surface area contributed by atoms with Crippen LogP contribution in [0.4, 0.5) is 0 Å². The van der Waals surface area contributed by atoms with Crippen LogP contribution in [0.25, 0.3) is 0 Å². The predicted molar refractivity (Wildman–Crippen MR) is 100 cm³/mol. The van der Waals surface area contributed by atoms with E-state index in [4.69, 9.17) is 0 Å². The van der Waals surface area contributed by atoms with E-state index in [1.54, 1.807) is 0 Å². The Hall–Kier alpha value is -0.820. The summed E-state index contributed by atoms with van der Waals surface area (Å²) in [6.07, 6.45) is 3.93. The average molecular weight is 378 g/mol. The summed E-state index contributed by atoms with van der Waals surface area (Å²) in [4.78, 5) is 17.4. The van der Waals surface area contributed by atoms with Crippen LogP contribution in [0.1, 0.15) is 25.3 Å². The van der Waals surface area contributed by atoms with Crippen molar-refractivity contribution in [2.75, 3.05) is 39.3 Å². The van der Waals surface area contributed by atoms with Gasteiger partial charge in [0, 0.05) is 64.5 Å². The van der Waals surface area contributed by atoms with Gasteiger partial charge in [-0.05, 0) is 19.4 Å². The normalized spacial score (nSPS) is 24.6. The van der Waals surface area contributed by atoms with E-state index in [9.17, 15) is 4.79 Å². The molecule has 24 heavy (non-hydrogen) atoms. The molecule has 138 valence electrons. The number of hydrogen-bond acceptors (Lipinski definition) is 4. The number of amides is 1. The van der Waals surface area contributed by atoms with Crippen molar-refractivity contribution in [3.63, 3.8) is 0 Å². The summed E-state index contributed by atoms with van der Waals surface area (Å²) in [5.41, 5.74) is 1.17. The molecule has 8 heteroatoms. The molecule has 1 amide bonds. The summed E-state index contributed by atoms with van der Waals surface area (Å²) in [6, 6.07) is 0.563. The summed E-state index contributed by atoms with van der Waals surface area (Å²) < 4.78 is 1.82. The van der Waals surface area contributed by atoms with E-state index < -0.39 is 0 Å². The molecule has 1 aromatic rings. The fourth-order valence-corrected chi connectivity index (χ4v) is 3.61. The van der Waals surface area contributed by atoms with E-state index in [1.807, 2.05) is 24.1 Å². The van der Waals surface area contributed by atoms with Crippen molar-refractivity contribution in [3.8, 4) is 0 Å². The van der Waals surface area contributed by atoms with Gasteiger partial charge in [-0.3, -0.25) is 14.4 Å². The van der Waals surface area contributed by atoms with E-state index in [0.29, 0.717) is 11.9 Å². The highest BCUT2D eigenvalue weighted by Gasteiger charge is 2.37. The molecule has 2 atom stereocenters. The van der Waals surface area contributed by atoms with Gasteiger partial charge in [-0.25, -0.2) is 0 Å². The second kappa shape index (κ2) is 9.04. The smallest absolute Gasteiger partial charge is 0.227 e. The first-order valence-corrected chi connectivity index (χ1v) is 8.28. The highest BCUT2D eigenvalue weighted by atomic mass is 35.5. The molecule has 2 fully saturated rings. The van der Waals surface area contributed by atoms with Crippen LogP contribution in [0, 0.1) is 5.92 Å². The van der Waals surface area contributed by atoms with Crippen molar-refractivity contribution in [2.45, 2.75) is 25.8 Å². The monoisotopic (exact) mass is 377 g/mol. The average Bonchev–Trinajstić information content (AvgIpc) is 3.15. The number of halogens is 2. The summed E-state index contributed by atoms with van der Waals surface area (Å²) in [7, 11) is 1.92. The van der Waals surface area contributed by atoms with Crippen LogP contribution in [0.5, 0.6) is 0 Å². The maximum atomic E-state index is 12.9. The number of hydrogen-bond donors (Lipinski definition) is 1. The van der Waals surface area contributed by atoms with Crippen molar-refractivity contribution in [3.05, 3.63) is 18.0 Å². The Balaban J connectivity index is 0.00000144. The van der Waals surface area contributed by atoms with Crippen LogP contribution in [0.2, 0.25) is 0 Å². The highest BCUT2D eigenvalue weighted by Crippen LogP contribution is 2.29. The van der Waals surface area contributed by atoms with Crippen molar-refractivity contribution in [1.29, 1.82) is 0 Å². The van der Waals surface area contributed by atoms with Crippen LogP contribution in [-0.4, -0.2) is 70.8 Å². The second-order valence-corrected chi connectivity index (χ2v) is 6.77. The number of carbonyl (C=O) groups excluding carboxylic acids is 1. The molecule has 0 saturated carbocycles. The maximum Gasteiger partial charge on any atom is 0.227 e. The Bertz CT molecular complexity index is 528. The third kappa shape index (κ3) is 4.42. The Kier molecular flexibility index (Phi) is 7.99. The zero-order valence-electron chi connectivity index (χ0n) is 14.6. The fourth-order valence-electron chi connectivity index (χ4n) is 3.61. The molecule has 1 aromatic heterocycles. The molecule has 0 radical (unpaired) electrons. The third-order valence-electron chi connectivity index (χ3n) is 5.04. The molecule has 0 aromatic carbocycles. The summed E-state index contributed by atoms with van der Waals surface area (Å²) in [6.45, 7) is 9.77. The van der Waals surface area contributed by atoms with Crippen LogP contribution >= 0.6 is 24.8 Å². The second-order valence-electron chi connectivity index (χ2n) is 6.77. The molecule has 0 aliphatic carbocycles.